The van der Waals surface area contributed by atoms with Gasteiger partial charge in [-0.05, 0) is 6.07 Å². The Bertz CT molecular complexity index is 520. The van der Waals surface area contributed by atoms with Gasteiger partial charge in [0.2, 0.25) is 0 Å². The molecule has 0 saturated heterocycles. The fourth-order valence-corrected chi connectivity index (χ4v) is 1.92. The van der Waals surface area contributed by atoms with Gasteiger partial charge in [-0.3, -0.25) is 4.79 Å². The van der Waals surface area contributed by atoms with Gasteiger partial charge in [0.05, 0.1) is 12.7 Å². The van der Waals surface area contributed by atoms with Crippen molar-refractivity contribution in [2.75, 3.05) is 7.11 Å². The summed E-state index contributed by atoms with van der Waals surface area (Å²) < 4.78 is 5.21. The van der Waals surface area contributed by atoms with E-state index in [1.807, 2.05) is 24.3 Å². The van der Waals surface area contributed by atoms with Gasteiger partial charge in [0, 0.05) is 15.8 Å². The van der Waals surface area contributed by atoms with Crippen LogP contribution in [0.3, 0.4) is 0 Å². The maximum atomic E-state index is 10.8. The molecule has 0 spiro atoms. The maximum absolute atomic E-state index is 10.8. The van der Waals surface area contributed by atoms with Gasteiger partial charge in [-0.15, -0.1) is 0 Å². The van der Waals surface area contributed by atoms with Crippen molar-refractivity contribution in [3.05, 3.63) is 40.9 Å². The Balaban J connectivity index is 2.91. The molecule has 0 heterocycles. The molecule has 0 N–H and O–H groups in total. The minimum atomic E-state index is 0.473. The second-order valence-electron chi connectivity index (χ2n) is 3.14. The van der Waals surface area contributed by atoms with Crippen molar-refractivity contribution in [3.63, 3.8) is 0 Å². The summed E-state index contributed by atoms with van der Waals surface area (Å²) >= 11 is 6.06. The fraction of sp³-hybridized carbons (Fsp3) is 0.0833. The van der Waals surface area contributed by atoms with Crippen molar-refractivity contribution < 1.29 is 9.53 Å². The number of fused-ring (bicyclic) bond motifs is 1. The summed E-state index contributed by atoms with van der Waals surface area (Å²) in [5.41, 5.74) is 0.473. The maximum Gasteiger partial charge on any atom is 0.153 e. The Morgan fingerprint density at radius 1 is 1.27 bits per heavy atom. The summed E-state index contributed by atoms with van der Waals surface area (Å²) in [5, 5.41) is 2.31. The molecule has 0 aromatic heterocycles. The molecule has 2 rings (SSSR count). The molecule has 0 saturated carbocycles. The van der Waals surface area contributed by atoms with Crippen LogP contribution in [0.15, 0.2) is 30.3 Å². The highest BCUT2D eigenvalue weighted by molar-refractivity contribution is 6.36. The van der Waals surface area contributed by atoms with Crippen LogP contribution in [0.1, 0.15) is 10.4 Å². The molecule has 2 aromatic carbocycles. The lowest BCUT2D eigenvalue weighted by Crippen LogP contribution is -1.92. The lowest BCUT2D eigenvalue weighted by atomic mass is 10.1. The number of benzene rings is 2. The van der Waals surface area contributed by atoms with Gasteiger partial charge in [0.15, 0.2) is 6.29 Å². The summed E-state index contributed by atoms with van der Waals surface area (Å²) in [6.07, 6.45) is 0.747. The molecule has 0 aliphatic heterocycles. The summed E-state index contributed by atoms with van der Waals surface area (Å²) in [7, 11) is 1.54. The van der Waals surface area contributed by atoms with Crippen LogP contribution in [0.2, 0.25) is 5.02 Å². The zero-order valence-corrected chi connectivity index (χ0v) is 8.91. The molecule has 2 aromatic rings. The van der Waals surface area contributed by atoms with Crippen LogP contribution in [0.5, 0.6) is 5.75 Å². The third-order valence-corrected chi connectivity index (χ3v) is 2.62. The molecule has 3 heteroatoms. The van der Waals surface area contributed by atoms with Crippen LogP contribution in [-0.4, -0.2) is 13.4 Å². The smallest absolute Gasteiger partial charge is 0.153 e. The number of halogens is 1. The van der Waals surface area contributed by atoms with E-state index in [1.165, 1.54) is 0 Å². The minimum Gasteiger partial charge on any atom is -0.495 e. The Hall–Kier alpha value is -1.54. The van der Waals surface area contributed by atoms with Gasteiger partial charge in [-0.2, -0.15) is 0 Å². The first-order valence-corrected chi connectivity index (χ1v) is 4.86. The van der Waals surface area contributed by atoms with Gasteiger partial charge < -0.3 is 4.74 Å². The van der Waals surface area contributed by atoms with Crippen molar-refractivity contribution in [1.82, 2.24) is 0 Å². The molecule has 15 heavy (non-hydrogen) atoms. The molecule has 0 amide bonds. The lowest BCUT2D eigenvalue weighted by Gasteiger charge is -2.09. The van der Waals surface area contributed by atoms with Crippen molar-refractivity contribution in [2.45, 2.75) is 0 Å². The Morgan fingerprint density at radius 2 is 1.93 bits per heavy atom. The highest BCUT2D eigenvalue weighted by atomic mass is 35.5. The Labute approximate surface area is 92.4 Å². The van der Waals surface area contributed by atoms with Gasteiger partial charge in [0.25, 0.3) is 0 Å². The summed E-state index contributed by atoms with van der Waals surface area (Å²) in [4.78, 5) is 10.8. The van der Waals surface area contributed by atoms with E-state index in [2.05, 4.69) is 0 Å². The second-order valence-corrected chi connectivity index (χ2v) is 3.55. The van der Waals surface area contributed by atoms with E-state index in [0.717, 1.165) is 17.1 Å². The predicted octanol–water partition coefficient (Wildman–Crippen LogP) is 3.31. The minimum absolute atomic E-state index is 0.473. The topological polar surface area (TPSA) is 26.3 Å². The van der Waals surface area contributed by atoms with Crippen LogP contribution in [0.4, 0.5) is 0 Å². The molecule has 0 radical (unpaired) electrons. The number of ether oxygens (including phenoxy) is 1. The summed E-state index contributed by atoms with van der Waals surface area (Å²) in [5.74, 6) is 0.574. The van der Waals surface area contributed by atoms with E-state index in [4.69, 9.17) is 16.3 Å². The molecular weight excluding hydrogens is 212 g/mol. The van der Waals surface area contributed by atoms with Crippen molar-refractivity contribution in [2.24, 2.45) is 0 Å². The van der Waals surface area contributed by atoms with Crippen LogP contribution < -0.4 is 4.74 Å². The van der Waals surface area contributed by atoms with E-state index in [9.17, 15) is 4.79 Å². The van der Waals surface area contributed by atoms with Crippen LogP contribution in [-0.2, 0) is 0 Å². The second kappa shape index (κ2) is 3.91. The zero-order chi connectivity index (χ0) is 10.8. The fourth-order valence-electron chi connectivity index (χ4n) is 1.64. The first-order chi connectivity index (χ1) is 7.27. The lowest BCUT2D eigenvalue weighted by molar-refractivity contribution is 0.112. The number of aldehydes is 1. The van der Waals surface area contributed by atoms with Gasteiger partial charge in [-0.1, -0.05) is 35.9 Å². The number of hydrogen-bond donors (Lipinski definition) is 0. The van der Waals surface area contributed by atoms with E-state index in [1.54, 1.807) is 13.2 Å². The first kappa shape index (κ1) is 9.99. The Morgan fingerprint density at radius 3 is 2.53 bits per heavy atom. The van der Waals surface area contributed by atoms with Crippen LogP contribution in [0.25, 0.3) is 10.8 Å². The average Bonchev–Trinajstić information content (AvgIpc) is 2.29. The van der Waals surface area contributed by atoms with Gasteiger partial charge in [-0.25, -0.2) is 0 Å². The van der Waals surface area contributed by atoms with Crippen molar-refractivity contribution in [3.8, 4) is 5.75 Å². The molecule has 0 aliphatic rings. The van der Waals surface area contributed by atoms with Crippen LogP contribution in [0, 0.1) is 0 Å². The molecule has 0 bridgehead atoms. The van der Waals surface area contributed by atoms with Crippen molar-refractivity contribution >= 4 is 28.7 Å². The molecule has 0 unspecified atom stereocenters. The number of carbonyl (C=O) groups is 1. The van der Waals surface area contributed by atoms with Gasteiger partial charge >= 0.3 is 0 Å². The molecular formula is C12H9ClO2. The summed E-state index contributed by atoms with van der Waals surface area (Å²) in [6, 6.07) is 9.18. The number of hydrogen-bond acceptors (Lipinski definition) is 2. The summed E-state index contributed by atoms with van der Waals surface area (Å²) in [6.45, 7) is 0. The SMILES string of the molecule is COc1c(C=O)cc(Cl)c2ccccc12. The van der Waals surface area contributed by atoms with E-state index >= 15 is 0 Å². The molecule has 2 nitrogen and oxygen atoms in total. The van der Waals surface area contributed by atoms with E-state index < -0.39 is 0 Å². The quantitative estimate of drug-likeness (QED) is 0.726. The average molecular weight is 221 g/mol. The highest BCUT2D eigenvalue weighted by Crippen LogP contribution is 2.33. The number of carbonyl (C=O) groups excluding carboxylic acids is 1. The number of methoxy groups -OCH3 is 1. The predicted molar refractivity (Wildman–Crippen MR) is 60.9 cm³/mol. The standard InChI is InChI=1S/C12H9ClO2/c1-15-12-8(7-14)6-11(13)9-4-2-3-5-10(9)12/h2-7H,1H3. The van der Waals surface area contributed by atoms with E-state index in [0.29, 0.717) is 16.3 Å². The monoisotopic (exact) mass is 220 g/mol. The van der Waals surface area contributed by atoms with E-state index in [-0.39, 0.29) is 0 Å². The van der Waals surface area contributed by atoms with Crippen molar-refractivity contribution in [1.29, 1.82) is 0 Å². The number of rotatable bonds is 2. The molecule has 76 valence electrons. The Kier molecular flexibility index (Phi) is 2.60. The van der Waals surface area contributed by atoms with Crippen LogP contribution >= 0.6 is 11.6 Å². The molecule has 0 atom stereocenters. The third kappa shape index (κ3) is 1.57. The van der Waals surface area contributed by atoms with Gasteiger partial charge in [0.1, 0.15) is 5.75 Å². The zero-order valence-electron chi connectivity index (χ0n) is 8.16. The molecule has 0 aliphatic carbocycles. The first-order valence-electron chi connectivity index (χ1n) is 4.48. The third-order valence-electron chi connectivity index (χ3n) is 2.30. The largest absolute Gasteiger partial charge is 0.495 e. The molecule has 0 fully saturated rings. The highest BCUT2D eigenvalue weighted by Gasteiger charge is 2.10. The normalized spacial score (nSPS) is 10.3.